The van der Waals surface area contributed by atoms with Gasteiger partial charge in [0, 0.05) is 30.9 Å². The fraction of sp³-hybridized carbons (Fsp3) is 0.227. The summed E-state index contributed by atoms with van der Waals surface area (Å²) in [5.41, 5.74) is 2.55. The van der Waals surface area contributed by atoms with Crippen LogP contribution in [0.5, 0.6) is 0 Å². The molecule has 1 amide bonds. The lowest BCUT2D eigenvalue weighted by Crippen LogP contribution is -2.35. The van der Waals surface area contributed by atoms with Crippen LogP contribution >= 0.6 is 23.2 Å². The van der Waals surface area contributed by atoms with Crippen molar-refractivity contribution in [2.75, 3.05) is 31.6 Å². The van der Waals surface area contributed by atoms with Crippen molar-refractivity contribution in [3.05, 3.63) is 76.0 Å². The third-order valence-electron chi connectivity index (χ3n) is 4.77. The molecule has 1 aliphatic rings. The van der Waals surface area contributed by atoms with E-state index in [-0.39, 0.29) is 11.7 Å². The summed E-state index contributed by atoms with van der Waals surface area (Å²) in [6, 6.07) is 16.4. The molecular weight excluding hydrogens is 411 g/mol. The molecule has 0 aliphatic carbocycles. The van der Waals surface area contributed by atoms with Gasteiger partial charge in [-0.15, -0.1) is 0 Å². The van der Waals surface area contributed by atoms with Crippen LogP contribution in [0.1, 0.15) is 16.1 Å². The predicted molar refractivity (Wildman–Crippen MR) is 115 cm³/mol. The predicted octanol–water partition coefficient (Wildman–Crippen LogP) is 5.34. The van der Waals surface area contributed by atoms with Crippen molar-refractivity contribution in [2.24, 2.45) is 0 Å². The van der Waals surface area contributed by atoms with E-state index in [4.69, 9.17) is 32.4 Å². The lowest BCUT2D eigenvalue weighted by atomic mass is 10.2. The molecule has 3 aromatic rings. The van der Waals surface area contributed by atoms with E-state index in [1.807, 2.05) is 24.3 Å². The third kappa shape index (κ3) is 4.82. The largest absolute Gasteiger partial charge is 0.451 e. The Kier molecular flexibility index (Phi) is 6.21. The summed E-state index contributed by atoms with van der Waals surface area (Å²) in [5.74, 6) is 0.368. The average molecular weight is 431 g/mol. The van der Waals surface area contributed by atoms with Crippen molar-refractivity contribution in [1.29, 1.82) is 0 Å². The van der Waals surface area contributed by atoms with E-state index in [1.165, 1.54) is 5.56 Å². The SMILES string of the molecule is O=C(Nc1ccc(CN2CCOCC2)cc1)c1ccc(-c2cccc(Cl)c2Cl)o1. The number of carbonyl (C=O) groups is 1. The van der Waals surface area contributed by atoms with Gasteiger partial charge in [-0.1, -0.05) is 41.4 Å². The van der Waals surface area contributed by atoms with Crippen LogP contribution in [-0.2, 0) is 11.3 Å². The Morgan fingerprint density at radius 2 is 1.76 bits per heavy atom. The van der Waals surface area contributed by atoms with Gasteiger partial charge < -0.3 is 14.5 Å². The highest BCUT2D eigenvalue weighted by atomic mass is 35.5. The second-order valence-corrected chi connectivity index (χ2v) is 7.59. The second kappa shape index (κ2) is 9.01. The fourth-order valence-corrected chi connectivity index (χ4v) is 3.60. The summed E-state index contributed by atoms with van der Waals surface area (Å²) in [5, 5.41) is 3.68. The molecule has 1 N–H and O–H groups in total. The summed E-state index contributed by atoms with van der Waals surface area (Å²) in [4.78, 5) is 14.9. The van der Waals surface area contributed by atoms with Gasteiger partial charge in [-0.3, -0.25) is 9.69 Å². The number of nitrogens with zero attached hydrogens (tertiary/aromatic N) is 1. The molecule has 1 aromatic heterocycles. The van der Waals surface area contributed by atoms with Crippen molar-refractivity contribution < 1.29 is 13.9 Å². The maximum absolute atomic E-state index is 12.5. The van der Waals surface area contributed by atoms with Crippen molar-refractivity contribution in [1.82, 2.24) is 4.90 Å². The van der Waals surface area contributed by atoms with Crippen LogP contribution in [0.2, 0.25) is 10.0 Å². The first kappa shape index (κ1) is 20.0. The summed E-state index contributed by atoms with van der Waals surface area (Å²) < 4.78 is 11.1. The van der Waals surface area contributed by atoms with Gasteiger partial charge in [0.25, 0.3) is 5.91 Å². The number of carbonyl (C=O) groups excluding carboxylic acids is 1. The van der Waals surface area contributed by atoms with Crippen LogP contribution in [0.15, 0.2) is 59.0 Å². The first-order valence-electron chi connectivity index (χ1n) is 9.35. The highest BCUT2D eigenvalue weighted by molar-refractivity contribution is 6.43. The van der Waals surface area contributed by atoms with Gasteiger partial charge in [0.15, 0.2) is 5.76 Å². The molecule has 2 heterocycles. The van der Waals surface area contributed by atoms with Crippen molar-refractivity contribution >= 4 is 34.8 Å². The van der Waals surface area contributed by atoms with Crippen molar-refractivity contribution in [3.63, 3.8) is 0 Å². The maximum Gasteiger partial charge on any atom is 0.291 e. The molecular formula is C22H20Cl2N2O3. The number of amides is 1. The van der Waals surface area contributed by atoms with Gasteiger partial charge >= 0.3 is 0 Å². The van der Waals surface area contributed by atoms with E-state index in [1.54, 1.807) is 30.3 Å². The molecule has 0 radical (unpaired) electrons. The molecule has 1 saturated heterocycles. The van der Waals surface area contributed by atoms with Crippen LogP contribution in [0.25, 0.3) is 11.3 Å². The van der Waals surface area contributed by atoms with Crippen LogP contribution in [0.3, 0.4) is 0 Å². The minimum atomic E-state index is -0.324. The summed E-state index contributed by atoms with van der Waals surface area (Å²) in [7, 11) is 0. The number of anilines is 1. The fourth-order valence-electron chi connectivity index (χ4n) is 3.20. The number of benzene rings is 2. The molecule has 2 aromatic carbocycles. The van der Waals surface area contributed by atoms with E-state index in [0.717, 1.165) is 32.8 Å². The van der Waals surface area contributed by atoms with E-state index < -0.39 is 0 Å². The highest BCUT2D eigenvalue weighted by Crippen LogP contribution is 2.34. The molecule has 0 spiro atoms. The number of hydrogen-bond acceptors (Lipinski definition) is 4. The summed E-state index contributed by atoms with van der Waals surface area (Å²) >= 11 is 12.3. The van der Waals surface area contributed by atoms with Gasteiger partial charge in [0.2, 0.25) is 0 Å². The molecule has 0 bridgehead atoms. The number of nitrogens with one attached hydrogen (secondary N) is 1. The number of rotatable bonds is 5. The Labute approximate surface area is 179 Å². The quantitative estimate of drug-likeness (QED) is 0.593. The Bertz CT molecular complexity index is 996. The number of halogens is 2. The van der Waals surface area contributed by atoms with E-state index in [0.29, 0.717) is 27.1 Å². The minimum Gasteiger partial charge on any atom is -0.451 e. The monoisotopic (exact) mass is 430 g/mol. The van der Waals surface area contributed by atoms with E-state index >= 15 is 0 Å². The van der Waals surface area contributed by atoms with Crippen molar-refractivity contribution in [2.45, 2.75) is 6.54 Å². The molecule has 5 nitrogen and oxygen atoms in total. The van der Waals surface area contributed by atoms with E-state index in [9.17, 15) is 4.79 Å². The van der Waals surface area contributed by atoms with Gasteiger partial charge in [0.05, 0.1) is 23.3 Å². The molecule has 0 saturated carbocycles. The smallest absolute Gasteiger partial charge is 0.291 e. The molecule has 0 unspecified atom stereocenters. The molecule has 150 valence electrons. The average Bonchev–Trinajstić information content (AvgIpc) is 3.22. The van der Waals surface area contributed by atoms with Gasteiger partial charge in [-0.25, -0.2) is 0 Å². The summed E-state index contributed by atoms with van der Waals surface area (Å²) in [6.07, 6.45) is 0. The zero-order valence-electron chi connectivity index (χ0n) is 15.7. The Morgan fingerprint density at radius 3 is 2.52 bits per heavy atom. The van der Waals surface area contributed by atoms with Crippen LogP contribution in [-0.4, -0.2) is 37.1 Å². The van der Waals surface area contributed by atoms with Crippen LogP contribution in [0, 0.1) is 0 Å². The first-order chi connectivity index (χ1) is 14.1. The van der Waals surface area contributed by atoms with E-state index in [2.05, 4.69) is 10.2 Å². The van der Waals surface area contributed by atoms with Gasteiger partial charge in [0.1, 0.15) is 5.76 Å². The molecule has 1 aliphatic heterocycles. The van der Waals surface area contributed by atoms with Gasteiger partial charge in [-0.05, 0) is 42.0 Å². The minimum absolute atomic E-state index is 0.202. The summed E-state index contributed by atoms with van der Waals surface area (Å²) in [6.45, 7) is 4.31. The molecule has 29 heavy (non-hydrogen) atoms. The van der Waals surface area contributed by atoms with Gasteiger partial charge in [-0.2, -0.15) is 0 Å². The zero-order chi connectivity index (χ0) is 20.2. The standard InChI is InChI=1S/C22H20Cl2N2O3/c23-18-3-1-2-17(21(18)24)19-8-9-20(29-19)22(27)25-16-6-4-15(5-7-16)14-26-10-12-28-13-11-26/h1-9H,10-14H2,(H,25,27). The lowest BCUT2D eigenvalue weighted by molar-refractivity contribution is 0.0342. The molecule has 7 heteroatoms. The first-order valence-corrected chi connectivity index (χ1v) is 10.1. The molecule has 4 rings (SSSR count). The maximum atomic E-state index is 12.5. The topological polar surface area (TPSA) is 54.7 Å². The number of hydrogen-bond donors (Lipinski definition) is 1. The third-order valence-corrected chi connectivity index (χ3v) is 5.59. The number of morpholine rings is 1. The second-order valence-electron chi connectivity index (χ2n) is 6.80. The normalized spacial score (nSPS) is 14.7. The Balaban J connectivity index is 1.40. The highest BCUT2D eigenvalue weighted by Gasteiger charge is 2.16. The molecule has 0 atom stereocenters. The number of furan rings is 1. The van der Waals surface area contributed by atoms with Crippen LogP contribution < -0.4 is 5.32 Å². The number of ether oxygens (including phenoxy) is 1. The Morgan fingerprint density at radius 1 is 1.00 bits per heavy atom. The van der Waals surface area contributed by atoms with Crippen molar-refractivity contribution in [3.8, 4) is 11.3 Å². The molecule has 1 fully saturated rings. The Hall–Kier alpha value is -2.31. The van der Waals surface area contributed by atoms with Crippen LogP contribution in [0.4, 0.5) is 5.69 Å². The lowest BCUT2D eigenvalue weighted by Gasteiger charge is -2.26. The zero-order valence-corrected chi connectivity index (χ0v) is 17.2.